The van der Waals surface area contributed by atoms with Crippen molar-refractivity contribution in [3.8, 4) is 0 Å². The number of ether oxygens (including phenoxy) is 1. The summed E-state index contributed by atoms with van der Waals surface area (Å²) in [5.41, 5.74) is 0.677. The number of rotatable bonds is 3. The van der Waals surface area contributed by atoms with Gasteiger partial charge in [0, 0.05) is 18.7 Å². The van der Waals surface area contributed by atoms with Gasteiger partial charge in [-0.15, -0.1) is 0 Å². The van der Waals surface area contributed by atoms with Crippen molar-refractivity contribution in [3.05, 3.63) is 23.2 Å². The van der Waals surface area contributed by atoms with Gasteiger partial charge in [-0.25, -0.2) is 4.79 Å². The van der Waals surface area contributed by atoms with Gasteiger partial charge in [-0.2, -0.15) is 0 Å². The number of morpholine rings is 1. The van der Waals surface area contributed by atoms with E-state index in [4.69, 9.17) is 14.3 Å². The van der Waals surface area contributed by atoms with E-state index >= 15 is 0 Å². The molecule has 1 fully saturated rings. The highest BCUT2D eigenvalue weighted by Gasteiger charge is 2.17. The Bertz CT molecular complexity index is 379. The molecule has 0 unspecified atom stereocenters. The van der Waals surface area contributed by atoms with Gasteiger partial charge in [-0.05, 0) is 13.0 Å². The Kier molecular flexibility index (Phi) is 3.26. The van der Waals surface area contributed by atoms with Crippen molar-refractivity contribution in [2.24, 2.45) is 0 Å². The second kappa shape index (κ2) is 4.67. The summed E-state index contributed by atoms with van der Waals surface area (Å²) >= 11 is 0. The van der Waals surface area contributed by atoms with Crippen molar-refractivity contribution >= 4 is 5.97 Å². The predicted molar refractivity (Wildman–Crippen MR) is 56.5 cm³/mol. The number of carboxylic acids is 1. The maximum atomic E-state index is 10.8. The lowest BCUT2D eigenvalue weighted by Gasteiger charge is -2.25. The number of aryl methyl sites for hydroxylation is 1. The third-order valence-electron chi connectivity index (χ3n) is 2.65. The van der Waals surface area contributed by atoms with Crippen molar-refractivity contribution in [1.29, 1.82) is 0 Å². The fourth-order valence-electron chi connectivity index (χ4n) is 1.82. The van der Waals surface area contributed by atoms with E-state index in [1.165, 1.54) is 0 Å². The molecule has 16 heavy (non-hydrogen) atoms. The van der Waals surface area contributed by atoms with E-state index < -0.39 is 5.97 Å². The van der Waals surface area contributed by atoms with Gasteiger partial charge in [0.25, 0.3) is 0 Å². The lowest BCUT2D eigenvalue weighted by Crippen LogP contribution is -2.35. The van der Waals surface area contributed by atoms with Gasteiger partial charge in [-0.1, -0.05) is 0 Å². The standard InChI is InChI=1S/C11H15NO4/c1-8-6-9(16-10(8)11(13)14)7-12-2-4-15-5-3-12/h6H,2-5,7H2,1H3,(H,13,14). The average molecular weight is 225 g/mol. The third-order valence-corrected chi connectivity index (χ3v) is 2.65. The van der Waals surface area contributed by atoms with E-state index in [0.29, 0.717) is 17.9 Å². The van der Waals surface area contributed by atoms with Gasteiger partial charge in [-0.3, -0.25) is 4.90 Å². The Morgan fingerprint density at radius 1 is 1.50 bits per heavy atom. The van der Waals surface area contributed by atoms with E-state index in [9.17, 15) is 4.79 Å². The normalized spacial score (nSPS) is 17.6. The molecule has 1 aliphatic rings. The van der Waals surface area contributed by atoms with E-state index in [1.54, 1.807) is 13.0 Å². The summed E-state index contributed by atoms with van der Waals surface area (Å²) in [4.78, 5) is 13.0. The first-order chi connectivity index (χ1) is 7.66. The fourth-order valence-corrected chi connectivity index (χ4v) is 1.82. The molecule has 5 nitrogen and oxygen atoms in total. The number of hydrogen-bond donors (Lipinski definition) is 1. The Morgan fingerprint density at radius 2 is 2.19 bits per heavy atom. The van der Waals surface area contributed by atoms with Crippen molar-refractivity contribution in [3.63, 3.8) is 0 Å². The summed E-state index contributed by atoms with van der Waals surface area (Å²) in [5.74, 6) is -0.259. The molecule has 1 N–H and O–H groups in total. The molecule has 0 aromatic carbocycles. The summed E-state index contributed by atoms with van der Waals surface area (Å²) in [5, 5.41) is 8.86. The summed E-state index contributed by atoms with van der Waals surface area (Å²) in [6, 6.07) is 1.79. The van der Waals surface area contributed by atoms with Gasteiger partial charge >= 0.3 is 5.97 Å². The molecule has 1 aromatic heterocycles. The predicted octanol–water partition coefficient (Wildman–Crippen LogP) is 1.12. The largest absolute Gasteiger partial charge is 0.475 e. The molecule has 0 saturated carbocycles. The molecular weight excluding hydrogens is 210 g/mol. The Labute approximate surface area is 93.6 Å². The van der Waals surface area contributed by atoms with Crippen LogP contribution in [-0.4, -0.2) is 42.3 Å². The minimum absolute atomic E-state index is 0.0447. The lowest BCUT2D eigenvalue weighted by atomic mass is 10.2. The van der Waals surface area contributed by atoms with Gasteiger partial charge in [0.05, 0.1) is 19.8 Å². The quantitative estimate of drug-likeness (QED) is 0.835. The van der Waals surface area contributed by atoms with E-state index in [-0.39, 0.29) is 5.76 Å². The van der Waals surface area contributed by atoms with Gasteiger partial charge in [0.15, 0.2) is 0 Å². The van der Waals surface area contributed by atoms with Crippen molar-refractivity contribution in [2.75, 3.05) is 26.3 Å². The monoisotopic (exact) mass is 225 g/mol. The summed E-state index contributed by atoms with van der Waals surface area (Å²) in [6.45, 7) is 5.58. The van der Waals surface area contributed by atoms with Crippen LogP contribution in [0.1, 0.15) is 21.9 Å². The Morgan fingerprint density at radius 3 is 2.75 bits per heavy atom. The first kappa shape index (κ1) is 11.2. The molecule has 0 aliphatic carbocycles. The van der Waals surface area contributed by atoms with E-state index in [1.807, 2.05) is 0 Å². The van der Waals surface area contributed by atoms with E-state index in [2.05, 4.69) is 4.90 Å². The minimum atomic E-state index is -1.01. The zero-order valence-electron chi connectivity index (χ0n) is 9.23. The minimum Gasteiger partial charge on any atom is -0.475 e. The summed E-state index contributed by atoms with van der Waals surface area (Å²) < 4.78 is 10.5. The molecule has 88 valence electrons. The highest BCUT2D eigenvalue weighted by Crippen LogP contribution is 2.16. The molecule has 1 aliphatic heterocycles. The molecule has 0 radical (unpaired) electrons. The average Bonchev–Trinajstić information content (AvgIpc) is 2.61. The summed E-state index contributed by atoms with van der Waals surface area (Å²) in [7, 11) is 0. The van der Waals surface area contributed by atoms with Crippen LogP contribution in [0.2, 0.25) is 0 Å². The van der Waals surface area contributed by atoms with Crippen LogP contribution >= 0.6 is 0 Å². The number of carboxylic acid groups (broad SMARTS) is 1. The zero-order valence-corrected chi connectivity index (χ0v) is 9.23. The molecule has 0 atom stereocenters. The van der Waals surface area contributed by atoms with Crippen LogP contribution in [0.4, 0.5) is 0 Å². The van der Waals surface area contributed by atoms with Crippen LogP contribution in [0.3, 0.4) is 0 Å². The highest BCUT2D eigenvalue weighted by atomic mass is 16.5. The molecule has 2 rings (SSSR count). The maximum Gasteiger partial charge on any atom is 0.372 e. The van der Waals surface area contributed by atoms with Crippen LogP contribution in [0.5, 0.6) is 0 Å². The SMILES string of the molecule is Cc1cc(CN2CCOCC2)oc1C(=O)O. The van der Waals surface area contributed by atoms with Crippen LogP contribution in [-0.2, 0) is 11.3 Å². The molecule has 2 heterocycles. The van der Waals surface area contributed by atoms with Crippen molar-refractivity contribution < 1.29 is 19.1 Å². The zero-order chi connectivity index (χ0) is 11.5. The van der Waals surface area contributed by atoms with E-state index in [0.717, 1.165) is 26.3 Å². The molecular formula is C11H15NO4. The molecule has 1 saturated heterocycles. The van der Waals surface area contributed by atoms with Crippen LogP contribution in [0.25, 0.3) is 0 Å². The molecule has 0 amide bonds. The van der Waals surface area contributed by atoms with Gasteiger partial charge < -0.3 is 14.3 Å². The van der Waals surface area contributed by atoms with Crippen molar-refractivity contribution in [2.45, 2.75) is 13.5 Å². The number of carbonyl (C=O) groups is 1. The van der Waals surface area contributed by atoms with Crippen LogP contribution < -0.4 is 0 Å². The van der Waals surface area contributed by atoms with Gasteiger partial charge in [0.2, 0.25) is 5.76 Å². The van der Waals surface area contributed by atoms with Gasteiger partial charge in [0.1, 0.15) is 5.76 Å². The smallest absolute Gasteiger partial charge is 0.372 e. The third kappa shape index (κ3) is 2.43. The maximum absolute atomic E-state index is 10.8. The first-order valence-electron chi connectivity index (χ1n) is 5.29. The second-order valence-corrected chi connectivity index (χ2v) is 3.92. The number of furan rings is 1. The Balaban J connectivity index is 2.03. The number of aromatic carboxylic acids is 1. The molecule has 1 aromatic rings. The highest BCUT2D eigenvalue weighted by molar-refractivity contribution is 5.86. The molecule has 0 bridgehead atoms. The Hall–Kier alpha value is -1.33. The number of nitrogens with zero attached hydrogens (tertiary/aromatic N) is 1. The second-order valence-electron chi connectivity index (χ2n) is 3.92. The lowest BCUT2D eigenvalue weighted by molar-refractivity contribution is 0.0309. The van der Waals surface area contributed by atoms with Crippen LogP contribution in [0, 0.1) is 6.92 Å². The molecule has 0 spiro atoms. The topological polar surface area (TPSA) is 62.9 Å². The first-order valence-corrected chi connectivity index (χ1v) is 5.29. The van der Waals surface area contributed by atoms with Crippen LogP contribution in [0.15, 0.2) is 10.5 Å². The molecule has 5 heteroatoms. The van der Waals surface area contributed by atoms with Crippen molar-refractivity contribution in [1.82, 2.24) is 4.90 Å². The number of hydrogen-bond acceptors (Lipinski definition) is 4. The summed E-state index contributed by atoms with van der Waals surface area (Å²) in [6.07, 6.45) is 0. The fraction of sp³-hybridized carbons (Fsp3) is 0.545.